The van der Waals surface area contributed by atoms with Gasteiger partial charge in [-0.05, 0) is 38.5 Å². The van der Waals surface area contributed by atoms with E-state index in [0.717, 1.165) is 38.5 Å². The third-order valence-electron chi connectivity index (χ3n) is 4.22. The Morgan fingerprint density at radius 3 is 1.71 bits per heavy atom. The van der Waals surface area contributed by atoms with Crippen LogP contribution >= 0.6 is 0 Å². The van der Waals surface area contributed by atoms with Gasteiger partial charge in [0.05, 0.1) is 0 Å². The summed E-state index contributed by atoms with van der Waals surface area (Å²) in [6.07, 6.45) is 8.16. The maximum Gasteiger partial charge on any atom is 0.235 e. The lowest BCUT2D eigenvalue weighted by molar-refractivity contribution is -0.137. The van der Waals surface area contributed by atoms with Crippen molar-refractivity contribution in [3.05, 3.63) is 0 Å². The molecule has 0 aromatic rings. The van der Waals surface area contributed by atoms with Gasteiger partial charge in [0, 0.05) is 12.1 Å². The van der Waals surface area contributed by atoms with Crippen molar-refractivity contribution in [2.24, 2.45) is 5.41 Å². The first kappa shape index (κ1) is 11.1. The van der Waals surface area contributed by atoms with E-state index in [1.54, 1.807) is 0 Å². The van der Waals surface area contributed by atoms with Gasteiger partial charge in [0.15, 0.2) is 0 Å². The molecule has 3 aliphatic rings. The van der Waals surface area contributed by atoms with E-state index < -0.39 is 5.41 Å². The van der Waals surface area contributed by atoms with E-state index in [2.05, 4.69) is 10.6 Å². The van der Waals surface area contributed by atoms with Crippen LogP contribution < -0.4 is 10.6 Å². The van der Waals surface area contributed by atoms with Crippen LogP contribution in [0.2, 0.25) is 0 Å². The molecule has 17 heavy (non-hydrogen) atoms. The maximum atomic E-state index is 12.2. The molecule has 94 valence electrons. The topological polar surface area (TPSA) is 58.2 Å². The van der Waals surface area contributed by atoms with Gasteiger partial charge in [-0.2, -0.15) is 0 Å². The highest BCUT2D eigenvalue weighted by atomic mass is 16.2. The molecule has 2 amide bonds. The lowest BCUT2D eigenvalue weighted by Gasteiger charge is -2.18. The van der Waals surface area contributed by atoms with Gasteiger partial charge >= 0.3 is 0 Å². The molecule has 0 atom stereocenters. The summed E-state index contributed by atoms with van der Waals surface area (Å²) in [7, 11) is 0. The van der Waals surface area contributed by atoms with E-state index in [9.17, 15) is 9.59 Å². The van der Waals surface area contributed by atoms with Crippen molar-refractivity contribution in [1.29, 1.82) is 0 Å². The molecule has 0 saturated heterocycles. The van der Waals surface area contributed by atoms with Crippen LogP contribution in [-0.2, 0) is 9.59 Å². The minimum atomic E-state index is -0.703. The zero-order chi connectivity index (χ0) is 11.9. The predicted molar refractivity (Wildman–Crippen MR) is 63.2 cm³/mol. The molecule has 0 heterocycles. The fourth-order valence-electron chi connectivity index (χ4n) is 2.63. The summed E-state index contributed by atoms with van der Waals surface area (Å²) in [6, 6.07) is 0.660. The molecule has 0 aliphatic heterocycles. The van der Waals surface area contributed by atoms with E-state index in [-0.39, 0.29) is 11.8 Å². The first-order valence-corrected chi connectivity index (χ1v) is 6.83. The molecule has 4 heteroatoms. The average Bonchev–Trinajstić information content (AvgIpc) is 3.20. The van der Waals surface area contributed by atoms with Gasteiger partial charge in [-0.15, -0.1) is 0 Å². The number of carbonyl (C=O) groups excluding carboxylic acids is 2. The Kier molecular flexibility index (Phi) is 2.60. The fraction of sp³-hybridized carbons (Fsp3) is 0.846. The molecule has 0 spiro atoms. The zero-order valence-corrected chi connectivity index (χ0v) is 10.1. The largest absolute Gasteiger partial charge is 0.352 e. The number of rotatable bonds is 4. The SMILES string of the molecule is O=C(NC1CCCC1)C1(C(=O)NC2CC2)CC1. The van der Waals surface area contributed by atoms with Crippen molar-refractivity contribution in [3.8, 4) is 0 Å². The number of hydrogen-bond donors (Lipinski definition) is 2. The van der Waals surface area contributed by atoms with E-state index in [1.807, 2.05) is 0 Å². The minimum absolute atomic E-state index is 0.0254. The Bertz CT molecular complexity index is 339. The van der Waals surface area contributed by atoms with Gasteiger partial charge in [0.25, 0.3) is 0 Å². The Morgan fingerprint density at radius 1 is 0.824 bits per heavy atom. The van der Waals surface area contributed by atoms with E-state index in [1.165, 1.54) is 12.8 Å². The quantitative estimate of drug-likeness (QED) is 0.718. The fourth-order valence-corrected chi connectivity index (χ4v) is 2.63. The molecule has 3 saturated carbocycles. The van der Waals surface area contributed by atoms with Crippen LogP contribution in [0.15, 0.2) is 0 Å². The average molecular weight is 236 g/mol. The summed E-state index contributed by atoms with van der Waals surface area (Å²) >= 11 is 0. The smallest absolute Gasteiger partial charge is 0.235 e. The summed E-state index contributed by atoms with van der Waals surface area (Å²) in [6.45, 7) is 0. The Balaban J connectivity index is 1.57. The van der Waals surface area contributed by atoms with Crippen LogP contribution in [0.1, 0.15) is 51.4 Å². The first-order valence-electron chi connectivity index (χ1n) is 6.83. The highest BCUT2D eigenvalue weighted by Crippen LogP contribution is 2.47. The lowest BCUT2D eigenvalue weighted by atomic mass is 10.0. The molecule has 4 nitrogen and oxygen atoms in total. The van der Waals surface area contributed by atoms with Gasteiger partial charge in [-0.25, -0.2) is 0 Å². The van der Waals surface area contributed by atoms with Gasteiger partial charge in [-0.3, -0.25) is 9.59 Å². The summed E-state index contributed by atoms with van der Waals surface area (Å²) in [4.78, 5) is 24.2. The van der Waals surface area contributed by atoms with Crippen molar-refractivity contribution in [1.82, 2.24) is 10.6 Å². The van der Waals surface area contributed by atoms with Crippen LogP contribution in [0.5, 0.6) is 0 Å². The lowest BCUT2D eigenvalue weighted by Crippen LogP contribution is -2.46. The van der Waals surface area contributed by atoms with E-state index in [4.69, 9.17) is 0 Å². The van der Waals surface area contributed by atoms with E-state index >= 15 is 0 Å². The van der Waals surface area contributed by atoms with Gasteiger partial charge in [0.2, 0.25) is 11.8 Å². The maximum absolute atomic E-state index is 12.2. The van der Waals surface area contributed by atoms with Gasteiger partial charge in [0.1, 0.15) is 5.41 Å². The predicted octanol–water partition coefficient (Wildman–Crippen LogP) is 1.10. The van der Waals surface area contributed by atoms with Crippen molar-refractivity contribution in [3.63, 3.8) is 0 Å². The minimum Gasteiger partial charge on any atom is -0.352 e. The molecular weight excluding hydrogens is 216 g/mol. The molecule has 0 aromatic carbocycles. The third kappa shape index (κ3) is 2.17. The molecule has 0 unspecified atom stereocenters. The standard InChI is InChI=1S/C13H20N2O2/c16-11(14-9-3-1-2-4-9)13(7-8-13)12(17)15-10-5-6-10/h9-10H,1-8H2,(H,14,16)(H,15,17). The van der Waals surface area contributed by atoms with Gasteiger partial charge in [-0.1, -0.05) is 12.8 Å². The number of nitrogens with one attached hydrogen (secondary N) is 2. The highest BCUT2D eigenvalue weighted by Gasteiger charge is 2.57. The van der Waals surface area contributed by atoms with Crippen molar-refractivity contribution < 1.29 is 9.59 Å². The van der Waals surface area contributed by atoms with Crippen LogP contribution in [-0.4, -0.2) is 23.9 Å². The highest BCUT2D eigenvalue weighted by molar-refractivity contribution is 6.08. The van der Waals surface area contributed by atoms with Crippen LogP contribution in [0.3, 0.4) is 0 Å². The van der Waals surface area contributed by atoms with Crippen LogP contribution in [0.4, 0.5) is 0 Å². The number of amides is 2. The number of carbonyl (C=O) groups is 2. The van der Waals surface area contributed by atoms with Crippen molar-refractivity contribution in [2.45, 2.75) is 63.5 Å². The molecule has 3 fully saturated rings. The second kappa shape index (κ2) is 4.00. The molecule has 2 N–H and O–H groups in total. The normalized spacial score (nSPS) is 26.6. The Labute approximate surface area is 102 Å². The Morgan fingerprint density at radius 2 is 1.29 bits per heavy atom. The van der Waals surface area contributed by atoms with Gasteiger partial charge < -0.3 is 10.6 Å². The molecule has 3 aliphatic carbocycles. The zero-order valence-electron chi connectivity index (χ0n) is 10.1. The molecular formula is C13H20N2O2. The van der Waals surface area contributed by atoms with Crippen LogP contribution in [0.25, 0.3) is 0 Å². The Hall–Kier alpha value is -1.06. The summed E-state index contributed by atoms with van der Waals surface area (Å²) in [5.41, 5.74) is -0.703. The second-order valence-electron chi connectivity index (χ2n) is 5.78. The summed E-state index contributed by atoms with van der Waals surface area (Å²) < 4.78 is 0. The second-order valence-corrected chi connectivity index (χ2v) is 5.78. The van der Waals surface area contributed by atoms with Crippen molar-refractivity contribution >= 4 is 11.8 Å². The molecule has 0 radical (unpaired) electrons. The molecule has 3 rings (SSSR count). The summed E-state index contributed by atoms with van der Waals surface area (Å²) in [5, 5.41) is 6.02. The van der Waals surface area contributed by atoms with Crippen LogP contribution in [0, 0.1) is 5.41 Å². The molecule has 0 aromatic heterocycles. The monoisotopic (exact) mass is 236 g/mol. The third-order valence-corrected chi connectivity index (χ3v) is 4.22. The van der Waals surface area contributed by atoms with E-state index in [0.29, 0.717) is 12.1 Å². The first-order chi connectivity index (χ1) is 8.21. The number of hydrogen-bond acceptors (Lipinski definition) is 2. The molecule has 0 bridgehead atoms. The summed E-state index contributed by atoms with van der Waals surface area (Å²) in [5.74, 6) is -0.0574. The van der Waals surface area contributed by atoms with Crippen molar-refractivity contribution in [2.75, 3.05) is 0 Å².